The Morgan fingerprint density at radius 1 is 1.56 bits per heavy atom. The van der Waals surface area contributed by atoms with E-state index >= 15 is 0 Å². The first-order chi connectivity index (χ1) is 8.32. The van der Waals surface area contributed by atoms with E-state index in [0.29, 0.717) is 18.5 Å². The molecule has 1 atom stereocenters. The summed E-state index contributed by atoms with van der Waals surface area (Å²) in [5, 5.41) is 9.16. The quantitative estimate of drug-likeness (QED) is 0.801. The highest BCUT2D eigenvalue weighted by atomic mass is 19.1. The van der Waals surface area contributed by atoms with E-state index in [1.807, 2.05) is 0 Å². The zero-order valence-electron chi connectivity index (χ0n) is 10.9. The molecular formula is C13H19FN2O2. The number of hydrogen-bond acceptors (Lipinski definition) is 3. The van der Waals surface area contributed by atoms with Crippen LogP contribution in [-0.4, -0.2) is 35.6 Å². The highest BCUT2D eigenvalue weighted by molar-refractivity contribution is 5.95. The second-order valence-electron chi connectivity index (χ2n) is 4.54. The van der Waals surface area contributed by atoms with Crippen LogP contribution in [0.4, 0.5) is 10.1 Å². The molecule has 1 rings (SSSR count). The van der Waals surface area contributed by atoms with Crippen LogP contribution in [-0.2, 0) is 0 Å². The fraction of sp³-hybridized carbons (Fsp3) is 0.462. The maximum absolute atomic E-state index is 13.5. The van der Waals surface area contributed by atoms with Gasteiger partial charge in [0, 0.05) is 30.4 Å². The Morgan fingerprint density at radius 3 is 2.67 bits per heavy atom. The van der Waals surface area contributed by atoms with Crippen molar-refractivity contribution >= 4 is 11.6 Å². The van der Waals surface area contributed by atoms with Gasteiger partial charge in [-0.15, -0.1) is 0 Å². The van der Waals surface area contributed by atoms with Gasteiger partial charge in [-0.1, -0.05) is 0 Å². The third-order valence-electron chi connectivity index (χ3n) is 2.86. The lowest BCUT2D eigenvalue weighted by molar-refractivity contribution is 0.0768. The largest absolute Gasteiger partial charge is 0.398 e. The van der Waals surface area contributed by atoms with Gasteiger partial charge in [0.15, 0.2) is 0 Å². The summed E-state index contributed by atoms with van der Waals surface area (Å²) in [7, 11) is 1.61. The maximum Gasteiger partial charge on any atom is 0.253 e. The summed E-state index contributed by atoms with van der Waals surface area (Å²) < 4.78 is 13.5. The Hall–Kier alpha value is -1.62. The minimum atomic E-state index is -0.484. The zero-order chi connectivity index (χ0) is 13.9. The lowest BCUT2D eigenvalue weighted by Crippen LogP contribution is -2.29. The van der Waals surface area contributed by atoms with Crippen LogP contribution in [0.25, 0.3) is 0 Å². The van der Waals surface area contributed by atoms with Gasteiger partial charge >= 0.3 is 0 Å². The number of carbonyl (C=O) groups excluding carboxylic acids is 1. The fourth-order valence-electron chi connectivity index (χ4n) is 1.53. The molecule has 0 radical (unpaired) electrons. The molecule has 1 aromatic rings. The monoisotopic (exact) mass is 254 g/mol. The molecule has 0 aliphatic heterocycles. The smallest absolute Gasteiger partial charge is 0.253 e. The minimum absolute atomic E-state index is 0.226. The molecule has 0 bridgehead atoms. The van der Waals surface area contributed by atoms with Crippen LogP contribution in [0.5, 0.6) is 0 Å². The number of aliphatic hydroxyl groups excluding tert-OH is 1. The molecule has 0 aliphatic rings. The molecular weight excluding hydrogens is 235 g/mol. The molecule has 4 nitrogen and oxygen atoms in total. The van der Waals surface area contributed by atoms with Crippen LogP contribution in [0.2, 0.25) is 0 Å². The van der Waals surface area contributed by atoms with Gasteiger partial charge in [0.2, 0.25) is 0 Å². The summed E-state index contributed by atoms with van der Waals surface area (Å²) in [5.41, 5.74) is 6.47. The zero-order valence-corrected chi connectivity index (χ0v) is 10.9. The van der Waals surface area contributed by atoms with Crippen molar-refractivity contribution in [1.29, 1.82) is 0 Å². The average Bonchev–Trinajstić information content (AvgIpc) is 2.31. The van der Waals surface area contributed by atoms with Crippen LogP contribution in [0, 0.1) is 12.7 Å². The van der Waals surface area contributed by atoms with Crippen molar-refractivity contribution in [3.8, 4) is 0 Å². The third kappa shape index (κ3) is 3.43. The Balaban J connectivity index is 2.84. The normalized spacial score (nSPS) is 12.3. The highest BCUT2D eigenvalue weighted by Gasteiger charge is 2.15. The van der Waals surface area contributed by atoms with Crippen LogP contribution in [0.15, 0.2) is 12.1 Å². The summed E-state index contributed by atoms with van der Waals surface area (Å²) in [6.07, 6.45) is 0.00609. The molecule has 18 heavy (non-hydrogen) atoms. The third-order valence-corrected chi connectivity index (χ3v) is 2.86. The van der Waals surface area contributed by atoms with Crippen molar-refractivity contribution in [3.63, 3.8) is 0 Å². The van der Waals surface area contributed by atoms with Gasteiger partial charge in [-0.3, -0.25) is 4.79 Å². The van der Waals surface area contributed by atoms with E-state index in [-0.39, 0.29) is 17.2 Å². The van der Waals surface area contributed by atoms with Gasteiger partial charge in [-0.05, 0) is 32.4 Å². The molecule has 0 saturated carbocycles. The molecule has 1 unspecified atom stereocenters. The van der Waals surface area contributed by atoms with Crippen LogP contribution < -0.4 is 5.73 Å². The van der Waals surface area contributed by atoms with E-state index in [1.165, 1.54) is 17.0 Å². The molecule has 0 spiro atoms. The number of anilines is 1. The topological polar surface area (TPSA) is 66.6 Å². The van der Waals surface area contributed by atoms with Crippen molar-refractivity contribution in [1.82, 2.24) is 4.90 Å². The van der Waals surface area contributed by atoms with Gasteiger partial charge in [0.25, 0.3) is 5.91 Å². The van der Waals surface area contributed by atoms with E-state index in [2.05, 4.69) is 0 Å². The minimum Gasteiger partial charge on any atom is -0.398 e. The number of halogens is 1. The standard InChI is InChI=1S/C13H19FN2O2/c1-8(17)4-5-16(3)13(18)10-6-11(14)9(2)12(15)7-10/h6-8,17H,4-5,15H2,1-3H3. The number of nitrogen functional groups attached to an aromatic ring is 1. The molecule has 0 saturated heterocycles. The number of amides is 1. The molecule has 0 fully saturated rings. The number of rotatable bonds is 4. The van der Waals surface area contributed by atoms with E-state index in [1.54, 1.807) is 20.9 Å². The van der Waals surface area contributed by atoms with Gasteiger partial charge in [-0.25, -0.2) is 4.39 Å². The first kappa shape index (κ1) is 14.4. The molecule has 0 heterocycles. The van der Waals surface area contributed by atoms with Crippen molar-refractivity contribution < 1.29 is 14.3 Å². The first-order valence-electron chi connectivity index (χ1n) is 5.82. The van der Waals surface area contributed by atoms with E-state index < -0.39 is 11.9 Å². The fourth-order valence-corrected chi connectivity index (χ4v) is 1.53. The number of carbonyl (C=O) groups is 1. The lowest BCUT2D eigenvalue weighted by Gasteiger charge is -2.18. The molecule has 1 amide bonds. The summed E-state index contributed by atoms with van der Waals surface area (Å²) in [4.78, 5) is 13.4. The van der Waals surface area contributed by atoms with Crippen molar-refractivity contribution in [2.24, 2.45) is 0 Å². The van der Waals surface area contributed by atoms with Crippen molar-refractivity contribution in [3.05, 3.63) is 29.1 Å². The molecule has 0 aliphatic carbocycles. The van der Waals surface area contributed by atoms with E-state index in [4.69, 9.17) is 10.8 Å². The molecule has 100 valence electrons. The average molecular weight is 254 g/mol. The predicted octanol–water partition coefficient (Wildman–Crippen LogP) is 1.56. The first-order valence-corrected chi connectivity index (χ1v) is 5.82. The Morgan fingerprint density at radius 2 is 2.17 bits per heavy atom. The van der Waals surface area contributed by atoms with Crippen LogP contribution in [0.1, 0.15) is 29.3 Å². The van der Waals surface area contributed by atoms with E-state index in [9.17, 15) is 9.18 Å². The second-order valence-corrected chi connectivity index (χ2v) is 4.54. The predicted molar refractivity (Wildman–Crippen MR) is 68.8 cm³/mol. The number of benzene rings is 1. The molecule has 3 N–H and O–H groups in total. The maximum atomic E-state index is 13.5. The number of aliphatic hydroxyl groups is 1. The number of nitrogens with zero attached hydrogens (tertiary/aromatic N) is 1. The molecule has 1 aromatic carbocycles. The molecule has 0 aromatic heterocycles. The van der Waals surface area contributed by atoms with Crippen LogP contribution in [0.3, 0.4) is 0 Å². The van der Waals surface area contributed by atoms with Gasteiger partial charge in [0.05, 0.1) is 6.10 Å². The highest BCUT2D eigenvalue weighted by Crippen LogP contribution is 2.18. The number of hydrogen-bond donors (Lipinski definition) is 2. The number of nitrogens with two attached hydrogens (primary N) is 1. The van der Waals surface area contributed by atoms with Gasteiger partial charge in [0.1, 0.15) is 5.82 Å². The lowest BCUT2D eigenvalue weighted by atomic mass is 10.1. The van der Waals surface area contributed by atoms with E-state index in [0.717, 1.165) is 0 Å². The molecule has 5 heteroatoms. The van der Waals surface area contributed by atoms with Crippen LogP contribution >= 0.6 is 0 Å². The van der Waals surface area contributed by atoms with Crippen molar-refractivity contribution in [2.45, 2.75) is 26.4 Å². The summed E-state index contributed by atoms with van der Waals surface area (Å²) >= 11 is 0. The summed E-state index contributed by atoms with van der Waals surface area (Å²) in [6, 6.07) is 2.66. The van der Waals surface area contributed by atoms with Crippen molar-refractivity contribution in [2.75, 3.05) is 19.3 Å². The summed E-state index contributed by atoms with van der Waals surface area (Å²) in [5.74, 6) is -0.788. The summed E-state index contributed by atoms with van der Waals surface area (Å²) in [6.45, 7) is 3.63. The Labute approximate surface area is 106 Å². The van der Waals surface area contributed by atoms with Gasteiger partial charge < -0.3 is 15.7 Å². The SMILES string of the molecule is Cc1c(N)cc(C(=O)N(C)CCC(C)O)cc1F. The Kier molecular flexibility index (Phi) is 4.67. The second kappa shape index (κ2) is 5.82. The van der Waals surface area contributed by atoms with Gasteiger partial charge in [-0.2, -0.15) is 0 Å². The Bertz CT molecular complexity index is 424.